The number of ketones is 1. The quantitative estimate of drug-likeness (QED) is 0.667. The molecular weight excluding hydrogens is 220 g/mol. The lowest BCUT2D eigenvalue weighted by Gasteiger charge is -2.43. The molecule has 0 radical (unpaired) electrons. The lowest BCUT2D eigenvalue weighted by Crippen LogP contribution is -2.35. The fourth-order valence-electron chi connectivity index (χ4n) is 3.76. The Kier molecular flexibility index (Phi) is 2.30. The first-order valence-electron chi connectivity index (χ1n) is 7.03. The van der Waals surface area contributed by atoms with Crippen LogP contribution in [0.15, 0.2) is 12.1 Å². The summed E-state index contributed by atoms with van der Waals surface area (Å²) in [6, 6.07) is 4.30. The van der Waals surface area contributed by atoms with Crippen molar-refractivity contribution in [2.45, 2.75) is 64.2 Å². The van der Waals surface area contributed by atoms with Crippen molar-refractivity contribution in [1.82, 2.24) is 0 Å². The number of Topliss-reactive ketones (excluding diaryl/α,β-unsaturated/α-hetero) is 1. The maximum Gasteiger partial charge on any atom is 0.163 e. The Labute approximate surface area is 110 Å². The zero-order valence-corrected chi connectivity index (χ0v) is 11.9. The molecule has 0 N–H and O–H groups in total. The van der Waals surface area contributed by atoms with Crippen molar-refractivity contribution in [2.24, 2.45) is 0 Å². The van der Waals surface area contributed by atoms with Crippen molar-refractivity contribution in [1.29, 1.82) is 0 Å². The maximum atomic E-state index is 11.9. The van der Waals surface area contributed by atoms with Crippen LogP contribution in [-0.2, 0) is 17.3 Å². The third-order valence-electron chi connectivity index (χ3n) is 5.00. The van der Waals surface area contributed by atoms with Crippen molar-refractivity contribution in [2.75, 3.05) is 0 Å². The maximum absolute atomic E-state index is 11.9. The molecule has 0 spiro atoms. The number of hydrogen-bond acceptors (Lipinski definition) is 1. The molecule has 2 aliphatic carbocycles. The molecule has 0 unspecified atom stereocenters. The summed E-state index contributed by atoms with van der Waals surface area (Å²) in [5.41, 5.74) is 5.80. The van der Waals surface area contributed by atoms with Crippen LogP contribution in [0.25, 0.3) is 0 Å². The fourth-order valence-corrected chi connectivity index (χ4v) is 3.76. The normalized spacial score (nSPS) is 23.7. The van der Waals surface area contributed by atoms with E-state index in [0.29, 0.717) is 12.2 Å². The monoisotopic (exact) mass is 242 g/mol. The summed E-state index contributed by atoms with van der Waals surface area (Å²) >= 11 is 0. The Balaban J connectivity index is 2.32. The minimum absolute atomic E-state index is 0.223. The molecule has 0 heterocycles. The molecule has 0 aliphatic heterocycles. The van der Waals surface area contributed by atoms with E-state index in [0.717, 1.165) is 12.0 Å². The van der Waals surface area contributed by atoms with Crippen LogP contribution in [0.3, 0.4) is 0 Å². The van der Waals surface area contributed by atoms with Crippen LogP contribution < -0.4 is 0 Å². The van der Waals surface area contributed by atoms with Crippen LogP contribution >= 0.6 is 0 Å². The van der Waals surface area contributed by atoms with E-state index >= 15 is 0 Å². The summed E-state index contributed by atoms with van der Waals surface area (Å²) in [5, 5.41) is 0. The number of rotatable bonds is 0. The summed E-state index contributed by atoms with van der Waals surface area (Å²) in [7, 11) is 0. The molecule has 1 aromatic carbocycles. The van der Waals surface area contributed by atoms with Gasteiger partial charge in [-0.15, -0.1) is 0 Å². The zero-order chi connectivity index (χ0) is 13.1. The summed E-state index contributed by atoms with van der Waals surface area (Å²) in [6.07, 6.45) is 4.12. The summed E-state index contributed by atoms with van der Waals surface area (Å²) in [5.74, 6) is 0.340. The van der Waals surface area contributed by atoms with Crippen LogP contribution in [0, 0.1) is 0 Å². The van der Waals surface area contributed by atoms with Gasteiger partial charge in [-0.3, -0.25) is 4.79 Å². The number of hydrogen-bond donors (Lipinski definition) is 0. The highest BCUT2D eigenvalue weighted by molar-refractivity contribution is 6.01. The Morgan fingerprint density at radius 2 is 1.61 bits per heavy atom. The zero-order valence-electron chi connectivity index (χ0n) is 11.9. The van der Waals surface area contributed by atoms with Crippen LogP contribution in [0.2, 0.25) is 0 Å². The van der Waals surface area contributed by atoms with Gasteiger partial charge >= 0.3 is 0 Å². The van der Waals surface area contributed by atoms with Gasteiger partial charge in [0.1, 0.15) is 0 Å². The van der Waals surface area contributed by atoms with E-state index in [2.05, 4.69) is 39.8 Å². The highest BCUT2D eigenvalue weighted by atomic mass is 16.1. The van der Waals surface area contributed by atoms with Gasteiger partial charge in [0.2, 0.25) is 0 Å². The van der Waals surface area contributed by atoms with Gasteiger partial charge in [0.05, 0.1) is 0 Å². The van der Waals surface area contributed by atoms with Gasteiger partial charge < -0.3 is 0 Å². The molecule has 0 fully saturated rings. The van der Waals surface area contributed by atoms with Crippen LogP contribution in [0.5, 0.6) is 0 Å². The molecule has 0 amide bonds. The van der Waals surface area contributed by atoms with Gasteiger partial charge in [-0.25, -0.2) is 0 Å². The average molecular weight is 242 g/mol. The molecule has 1 heteroatoms. The molecule has 1 aromatic rings. The molecule has 0 saturated heterocycles. The largest absolute Gasteiger partial charge is 0.294 e. The van der Waals surface area contributed by atoms with Crippen LogP contribution in [0.4, 0.5) is 0 Å². The number of carbonyl (C=O) groups excluding carboxylic acids is 1. The van der Waals surface area contributed by atoms with E-state index in [1.165, 1.54) is 29.5 Å². The molecule has 0 bridgehead atoms. The highest BCUT2D eigenvalue weighted by Gasteiger charge is 2.40. The Morgan fingerprint density at radius 1 is 0.944 bits per heavy atom. The number of fused-ring (bicyclic) bond motifs is 3. The van der Waals surface area contributed by atoms with Gasteiger partial charge in [-0.1, -0.05) is 39.8 Å². The topological polar surface area (TPSA) is 17.1 Å². The van der Waals surface area contributed by atoms with Crippen molar-refractivity contribution < 1.29 is 4.79 Å². The highest BCUT2D eigenvalue weighted by Crippen LogP contribution is 2.48. The molecule has 0 atom stereocenters. The van der Waals surface area contributed by atoms with Gasteiger partial charge in [0.25, 0.3) is 0 Å². The van der Waals surface area contributed by atoms with E-state index in [9.17, 15) is 4.79 Å². The van der Waals surface area contributed by atoms with Gasteiger partial charge in [-0.05, 0) is 46.8 Å². The van der Waals surface area contributed by atoms with E-state index in [-0.39, 0.29) is 10.8 Å². The molecule has 18 heavy (non-hydrogen) atoms. The first-order chi connectivity index (χ1) is 8.33. The van der Waals surface area contributed by atoms with Crippen molar-refractivity contribution in [3.8, 4) is 0 Å². The van der Waals surface area contributed by atoms with E-state index in [4.69, 9.17) is 0 Å². The molecule has 1 nitrogen and oxygen atoms in total. The molecule has 0 saturated carbocycles. The van der Waals surface area contributed by atoms with E-state index < -0.39 is 0 Å². The second-order valence-electron chi connectivity index (χ2n) is 7.21. The van der Waals surface area contributed by atoms with E-state index in [1.54, 1.807) is 0 Å². The second kappa shape index (κ2) is 3.46. The molecule has 96 valence electrons. The summed E-state index contributed by atoms with van der Waals surface area (Å²) < 4.78 is 0. The first kappa shape index (κ1) is 12.0. The lowest BCUT2D eigenvalue weighted by atomic mass is 9.61. The smallest absolute Gasteiger partial charge is 0.163 e. The third-order valence-corrected chi connectivity index (χ3v) is 5.00. The van der Waals surface area contributed by atoms with E-state index in [1.807, 2.05) is 0 Å². The minimum Gasteiger partial charge on any atom is -0.294 e. The summed E-state index contributed by atoms with van der Waals surface area (Å²) in [4.78, 5) is 11.9. The van der Waals surface area contributed by atoms with Crippen molar-refractivity contribution in [3.05, 3.63) is 34.4 Å². The molecule has 3 rings (SSSR count). The minimum atomic E-state index is 0.223. The van der Waals surface area contributed by atoms with Crippen molar-refractivity contribution >= 4 is 5.78 Å². The standard InChI is InChI=1S/C17H22O/c1-16(2)9-10-17(3,4)15-12-6-8-14(18)11(12)5-7-13(15)16/h5,7H,6,8-10H2,1-4H3. The number of benzene rings is 1. The second-order valence-corrected chi connectivity index (χ2v) is 7.21. The number of carbonyl (C=O) groups is 1. The summed E-state index contributed by atoms with van der Waals surface area (Å²) in [6.45, 7) is 9.35. The van der Waals surface area contributed by atoms with Gasteiger partial charge in [-0.2, -0.15) is 0 Å². The lowest BCUT2D eigenvalue weighted by molar-refractivity contribution is 0.0994. The first-order valence-corrected chi connectivity index (χ1v) is 7.03. The Morgan fingerprint density at radius 3 is 2.33 bits per heavy atom. The fraction of sp³-hybridized carbons (Fsp3) is 0.588. The van der Waals surface area contributed by atoms with Gasteiger partial charge in [0.15, 0.2) is 5.78 Å². The van der Waals surface area contributed by atoms with Crippen molar-refractivity contribution in [3.63, 3.8) is 0 Å². The predicted octanol–water partition coefficient (Wildman–Crippen LogP) is 4.16. The Bertz CT molecular complexity index is 535. The Hall–Kier alpha value is -1.11. The molecule has 2 aliphatic rings. The van der Waals surface area contributed by atoms with Crippen LogP contribution in [-0.4, -0.2) is 5.78 Å². The molecule has 0 aromatic heterocycles. The predicted molar refractivity (Wildman–Crippen MR) is 74.4 cm³/mol. The average Bonchev–Trinajstić information content (AvgIpc) is 2.67. The van der Waals surface area contributed by atoms with Gasteiger partial charge in [0, 0.05) is 12.0 Å². The van der Waals surface area contributed by atoms with Crippen LogP contribution in [0.1, 0.15) is 74.0 Å². The third kappa shape index (κ3) is 1.49. The SMILES string of the molecule is CC1(C)CCC(C)(C)c2c1ccc1c2CCC1=O. The molecular formula is C17H22O.